The molecule has 0 bridgehead atoms. The second-order valence-corrected chi connectivity index (χ2v) is 5.68. The summed E-state index contributed by atoms with van der Waals surface area (Å²) in [6.45, 7) is 5.22. The van der Waals surface area contributed by atoms with E-state index in [2.05, 4.69) is 5.32 Å². The standard InChI is InChI=1S/C16H17NO4/c1-16(2,3)21-15(20)17-13-9-11-7-5-4-6-10(11)8-12(13)14(18)19/h4-9H,1-3H3,(H,17,20)(H,18,19). The van der Waals surface area contributed by atoms with E-state index in [9.17, 15) is 14.7 Å². The highest BCUT2D eigenvalue weighted by Crippen LogP contribution is 2.25. The summed E-state index contributed by atoms with van der Waals surface area (Å²) >= 11 is 0. The first kappa shape index (κ1) is 14.8. The van der Waals surface area contributed by atoms with E-state index < -0.39 is 17.7 Å². The number of benzene rings is 2. The molecule has 2 aromatic carbocycles. The molecule has 2 aromatic rings. The fraction of sp³-hybridized carbons (Fsp3) is 0.250. The SMILES string of the molecule is CC(C)(C)OC(=O)Nc1cc2ccccc2cc1C(=O)O. The Kier molecular flexibility index (Phi) is 3.84. The third-order valence-corrected chi connectivity index (χ3v) is 2.75. The van der Waals surface area contributed by atoms with Gasteiger partial charge in [-0.25, -0.2) is 9.59 Å². The van der Waals surface area contributed by atoms with Gasteiger partial charge in [0.05, 0.1) is 11.3 Å². The Bertz CT molecular complexity index is 701. The first-order chi connectivity index (χ1) is 9.76. The van der Waals surface area contributed by atoms with Crippen LogP contribution in [0.3, 0.4) is 0 Å². The topological polar surface area (TPSA) is 75.6 Å². The Labute approximate surface area is 122 Å². The van der Waals surface area contributed by atoms with Crippen LogP contribution in [-0.2, 0) is 4.74 Å². The van der Waals surface area contributed by atoms with Crippen LogP contribution in [0, 0.1) is 0 Å². The molecular formula is C16H17NO4. The van der Waals surface area contributed by atoms with Crippen molar-refractivity contribution in [1.29, 1.82) is 0 Å². The highest BCUT2D eigenvalue weighted by molar-refractivity contribution is 6.04. The van der Waals surface area contributed by atoms with Crippen LogP contribution in [0.15, 0.2) is 36.4 Å². The molecule has 2 rings (SSSR count). The Morgan fingerprint density at radius 2 is 1.67 bits per heavy atom. The van der Waals surface area contributed by atoms with Gasteiger partial charge in [-0.1, -0.05) is 24.3 Å². The van der Waals surface area contributed by atoms with Crippen molar-refractivity contribution in [1.82, 2.24) is 0 Å². The summed E-state index contributed by atoms with van der Waals surface area (Å²) < 4.78 is 5.15. The van der Waals surface area contributed by atoms with E-state index in [0.29, 0.717) is 0 Å². The van der Waals surface area contributed by atoms with Gasteiger partial charge >= 0.3 is 12.1 Å². The Morgan fingerprint density at radius 1 is 1.10 bits per heavy atom. The predicted molar refractivity (Wildman–Crippen MR) is 80.8 cm³/mol. The van der Waals surface area contributed by atoms with Crippen LogP contribution in [0.5, 0.6) is 0 Å². The van der Waals surface area contributed by atoms with Crippen LogP contribution in [0.4, 0.5) is 10.5 Å². The number of hydrogen-bond acceptors (Lipinski definition) is 3. The molecule has 5 heteroatoms. The van der Waals surface area contributed by atoms with Gasteiger partial charge < -0.3 is 9.84 Å². The summed E-state index contributed by atoms with van der Waals surface area (Å²) in [6, 6.07) is 10.5. The molecule has 21 heavy (non-hydrogen) atoms. The van der Waals surface area contributed by atoms with Gasteiger partial charge in [-0.3, -0.25) is 5.32 Å². The van der Waals surface area contributed by atoms with E-state index in [1.54, 1.807) is 26.8 Å². The quantitative estimate of drug-likeness (QED) is 0.878. The Morgan fingerprint density at radius 3 is 2.19 bits per heavy atom. The van der Waals surface area contributed by atoms with E-state index >= 15 is 0 Å². The van der Waals surface area contributed by atoms with Gasteiger partial charge in [0.25, 0.3) is 0 Å². The fourth-order valence-electron chi connectivity index (χ4n) is 1.93. The Hall–Kier alpha value is -2.56. The molecule has 0 unspecified atom stereocenters. The smallest absolute Gasteiger partial charge is 0.412 e. The molecule has 0 aliphatic rings. The molecule has 0 aliphatic carbocycles. The lowest BCUT2D eigenvalue weighted by Gasteiger charge is -2.20. The average molecular weight is 287 g/mol. The number of carbonyl (C=O) groups is 2. The summed E-state index contributed by atoms with van der Waals surface area (Å²) in [7, 11) is 0. The van der Waals surface area contributed by atoms with Crippen molar-refractivity contribution < 1.29 is 19.4 Å². The number of anilines is 1. The summed E-state index contributed by atoms with van der Waals surface area (Å²) in [4.78, 5) is 23.2. The predicted octanol–water partition coefficient (Wildman–Crippen LogP) is 3.89. The van der Waals surface area contributed by atoms with E-state index in [-0.39, 0.29) is 11.3 Å². The van der Waals surface area contributed by atoms with E-state index in [1.165, 1.54) is 6.07 Å². The molecule has 0 saturated carbocycles. The number of amides is 1. The summed E-state index contributed by atoms with van der Waals surface area (Å²) in [5.74, 6) is -1.10. The third-order valence-electron chi connectivity index (χ3n) is 2.75. The van der Waals surface area contributed by atoms with Crippen molar-refractivity contribution in [2.75, 3.05) is 5.32 Å². The molecule has 0 spiro atoms. The largest absolute Gasteiger partial charge is 0.478 e. The maximum absolute atomic E-state index is 11.8. The van der Waals surface area contributed by atoms with Crippen molar-refractivity contribution in [3.8, 4) is 0 Å². The Balaban J connectivity index is 2.39. The molecule has 0 radical (unpaired) electrons. The molecule has 0 atom stereocenters. The number of fused-ring (bicyclic) bond motifs is 1. The lowest BCUT2D eigenvalue weighted by molar-refractivity contribution is 0.0636. The lowest BCUT2D eigenvalue weighted by Crippen LogP contribution is -2.27. The zero-order valence-corrected chi connectivity index (χ0v) is 12.1. The zero-order chi connectivity index (χ0) is 15.6. The highest BCUT2D eigenvalue weighted by Gasteiger charge is 2.19. The first-order valence-corrected chi connectivity index (χ1v) is 6.52. The molecule has 0 heterocycles. The molecule has 0 aliphatic heterocycles. The zero-order valence-electron chi connectivity index (χ0n) is 12.1. The fourth-order valence-corrected chi connectivity index (χ4v) is 1.93. The molecule has 5 nitrogen and oxygen atoms in total. The van der Waals surface area contributed by atoms with Crippen LogP contribution in [0.1, 0.15) is 31.1 Å². The van der Waals surface area contributed by atoms with Crippen molar-refractivity contribution >= 4 is 28.5 Å². The maximum atomic E-state index is 11.8. The van der Waals surface area contributed by atoms with Crippen LogP contribution in [0.25, 0.3) is 10.8 Å². The normalized spacial score (nSPS) is 11.2. The minimum Gasteiger partial charge on any atom is -0.478 e. The third kappa shape index (κ3) is 3.72. The number of nitrogens with one attached hydrogen (secondary N) is 1. The molecule has 110 valence electrons. The average Bonchev–Trinajstić information content (AvgIpc) is 2.35. The minimum absolute atomic E-state index is 0.0274. The van der Waals surface area contributed by atoms with Crippen molar-refractivity contribution in [2.45, 2.75) is 26.4 Å². The van der Waals surface area contributed by atoms with Gasteiger partial charge in [0.15, 0.2) is 0 Å². The monoisotopic (exact) mass is 287 g/mol. The number of aromatic carboxylic acids is 1. The molecule has 0 fully saturated rings. The van der Waals surface area contributed by atoms with Crippen LogP contribution < -0.4 is 5.32 Å². The number of rotatable bonds is 2. The van der Waals surface area contributed by atoms with Crippen LogP contribution in [0.2, 0.25) is 0 Å². The number of carboxylic acids is 1. The second kappa shape index (κ2) is 5.44. The maximum Gasteiger partial charge on any atom is 0.412 e. The second-order valence-electron chi connectivity index (χ2n) is 5.68. The van der Waals surface area contributed by atoms with Gasteiger partial charge in [-0.05, 0) is 43.7 Å². The molecule has 2 N–H and O–H groups in total. The summed E-state index contributed by atoms with van der Waals surface area (Å²) in [5.41, 5.74) is -0.403. The van der Waals surface area contributed by atoms with Gasteiger partial charge in [0.2, 0.25) is 0 Å². The van der Waals surface area contributed by atoms with Gasteiger partial charge in [-0.15, -0.1) is 0 Å². The molecule has 1 amide bonds. The molecule has 0 saturated heterocycles. The van der Waals surface area contributed by atoms with Gasteiger partial charge in [-0.2, -0.15) is 0 Å². The van der Waals surface area contributed by atoms with Gasteiger partial charge in [0.1, 0.15) is 5.60 Å². The number of ether oxygens (including phenoxy) is 1. The van der Waals surface area contributed by atoms with Crippen LogP contribution in [-0.4, -0.2) is 22.8 Å². The number of carbonyl (C=O) groups excluding carboxylic acids is 1. The van der Waals surface area contributed by atoms with E-state index in [4.69, 9.17) is 4.74 Å². The van der Waals surface area contributed by atoms with Crippen molar-refractivity contribution in [3.63, 3.8) is 0 Å². The summed E-state index contributed by atoms with van der Waals surface area (Å²) in [6.07, 6.45) is -0.680. The highest BCUT2D eigenvalue weighted by atomic mass is 16.6. The van der Waals surface area contributed by atoms with E-state index in [0.717, 1.165) is 10.8 Å². The van der Waals surface area contributed by atoms with E-state index in [1.807, 2.05) is 24.3 Å². The van der Waals surface area contributed by atoms with Crippen molar-refractivity contribution in [3.05, 3.63) is 42.0 Å². The lowest BCUT2D eigenvalue weighted by atomic mass is 10.0. The van der Waals surface area contributed by atoms with Crippen molar-refractivity contribution in [2.24, 2.45) is 0 Å². The first-order valence-electron chi connectivity index (χ1n) is 6.52. The molecular weight excluding hydrogens is 270 g/mol. The number of hydrogen-bond donors (Lipinski definition) is 2. The number of carboxylic acid groups (broad SMARTS) is 1. The van der Waals surface area contributed by atoms with Gasteiger partial charge in [0, 0.05) is 0 Å². The minimum atomic E-state index is -1.10. The summed E-state index contributed by atoms with van der Waals surface area (Å²) in [5, 5.41) is 13.4. The van der Waals surface area contributed by atoms with Crippen LogP contribution >= 0.6 is 0 Å². The molecule has 0 aromatic heterocycles.